The summed E-state index contributed by atoms with van der Waals surface area (Å²) >= 11 is 0. The maximum Gasteiger partial charge on any atom is 0.238 e. The summed E-state index contributed by atoms with van der Waals surface area (Å²) in [4.78, 5) is 27.4. The number of nitrogens with zero attached hydrogens (tertiary/aromatic N) is 1. The van der Waals surface area contributed by atoms with E-state index in [2.05, 4.69) is 13.8 Å². The van der Waals surface area contributed by atoms with Gasteiger partial charge in [0.2, 0.25) is 11.8 Å². The van der Waals surface area contributed by atoms with E-state index < -0.39 is 0 Å². The van der Waals surface area contributed by atoms with Crippen LogP contribution < -0.4 is 9.64 Å². The van der Waals surface area contributed by atoms with Crippen molar-refractivity contribution < 1.29 is 14.3 Å². The number of methoxy groups -OCH3 is 1. The number of benzene rings is 1. The van der Waals surface area contributed by atoms with Crippen LogP contribution in [0.25, 0.3) is 0 Å². The van der Waals surface area contributed by atoms with Gasteiger partial charge in [-0.05, 0) is 61.8 Å². The second-order valence-corrected chi connectivity index (χ2v) is 8.15. The summed E-state index contributed by atoms with van der Waals surface area (Å²) in [6.07, 6.45) is 4.97. The minimum absolute atomic E-state index is 0.0323. The molecule has 1 aromatic rings. The Kier molecular flexibility index (Phi) is 3.75. The minimum Gasteiger partial charge on any atom is -0.497 e. The van der Waals surface area contributed by atoms with Crippen molar-refractivity contribution >= 4 is 17.5 Å². The predicted molar refractivity (Wildman–Crippen MR) is 96.4 cm³/mol. The summed E-state index contributed by atoms with van der Waals surface area (Å²) in [5.74, 6) is 0.287. The Hall–Kier alpha value is -2.10. The Morgan fingerprint density at radius 2 is 1.68 bits per heavy atom. The molecule has 132 valence electrons. The van der Waals surface area contributed by atoms with E-state index in [0.717, 1.165) is 25.0 Å². The average Bonchev–Trinajstić information content (AvgIpc) is 2.84. The van der Waals surface area contributed by atoms with E-state index in [4.69, 9.17) is 4.74 Å². The first-order valence-electron chi connectivity index (χ1n) is 9.15. The van der Waals surface area contributed by atoms with Gasteiger partial charge in [-0.2, -0.15) is 0 Å². The fraction of sp³-hybridized carbons (Fsp3) is 0.524. The van der Waals surface area contributed by atoms with Gasteiger partial charge in [0.05, 0.1) is 24.6 Å². The van der Waals surface area contributed by atoms with Gasteiger partial charge in [-0.25, -0.2) is 0 Å². The van der Waals surface area contributed by atoms with Gasteiger partial charge in [-0.1, -0.05) is 25.0 Å². The van der Waals surface area contributed by atoms with Crippen LogP contribution in [0.4, 0.5) is 5.69 Å². The summed E-state index contributed by atoms with van der Waals surface area (Å²) in [5, 5.41) is 0. The zero-order chi connectivity index (χ0) is 17.8. The van der Waals surface area contributed by atoms with Crippen LogP contribution in [0.3, 0.4) is 0 Å². The molecule has 0 bridgehead atoms. The van der Waals surface area contributed by atoms with Gasteiger partial charge >= 0.3 is 0 Å². The van der Waals surface area contributed by atoms with Gasteiger partial charge in [-0.3, -0.25) is 14.5 Å². The van der Waals surface area contributed by atoms with Crippen LogP contribution >= 0.6 is 0 Å². The second kappa shape index (κ2) is 5.72. The molecule has 1 aromatic carbocycles. The van der Waals surface area contributed by atoms with Crippen molar-refractivity contribution in [3.05, 3.63) is 35.4 Å². The quantitative estimate of drug-likeness (QED) is 0.602. The molecule has 0 spiro atoms. The summed E-state index contributed by atoms with van der Waals surface area (Å²) in [6.45, 7) is 4.56. The lowest BCUT2D eigenvalue weighted by Crippen LogP contribution is -2.32. The Morgan fingerprint density at radius 3 is 2.32 bits per heavy atom. The lowest BCUT2D eigenvalue weighted by molar-refractivity contribution is -0.122. The Bertz CT molecular complexity index is 760. The van der Waals surface area contributed by atoms with Crippen LogP contribution in [-0.2, 0) is 9.59 Å². The molecule has 4 rings (SSSR count). The molecule has 0 N–H and O–H groups in total. The van der Waals surface area contributed by atoms with Crippen LogP contribution in [0.5, 0.6) is 5.75 Å². The zero-order valence-electron chi connectivity index (χ0n) is 15.2. The number of hydrogen-bond acceptors (Lipinski definition) is 3. The first kappa shape index (κ1) is 16.4. The highest BCUT2D eigenvalue weighted by molar-refractivity contribution is 6.22. The zero-order valence-corrected chi connectivity index (χ0v) is 15.2. The smallest absolute Gasteiger partial charge is 0.238 e. The van der Waals surface area contributed by atoms with Crippen LogP contribution in [0.1, 0.15) is 46.0 Å². The topological polar surface area (TPSA) is 46.6 Å². The van der Waals surface area contributed by atoms with Crippen molar-refractivity contribution in [1.82, 2.24) is 0 Å². The number of hydrogen-bond donors (Lipinski definition) is 0. The summed E-state index contributed by atoms with van der Waals surface area (Å²) < 4.78 is 5.17. The van der Waals surface area contributed by atoms with Crippen LogP contribution in [-0.4, -0.2) is 18.9 Å². The number of rotatable bonds is 2. The van der Waals surface area contributed by atoms with Crippen LogP contribution in [0.2, 0.25) is 0 Å². The SMILES string of the molecule is COc1ccc(N2C(=O)[C@H]3CC4=C(C[C@H]3C2=O)C(C)(C)CCC4)cc1. The highest BCUT2D eigenvalue weighted by atomic mass is 16.5. The molecule has 0 unspecified atom stereocenters. The Morgan fingerprint density at radius 1 is 1.04 bits per heavy atom. The number of imide groups is 1. The molecule has 2 amide bonds. The molecule has 4 nitrogen and oxygen atoms in total. The normalized spacial score (nSPS) is 28.0. The third-order valence-corrected chi connectivity index (χ3v) is 6.31. The monoisotopic (exact) mass is 339 g/mol. The van der Waals surface area contributed by atoms with E-state index in [1.807, 2.05) is 0 Å². The van der Waals surface area contributed by atoms with E-state index in [1.165, 1.54) is 28.9 Å². The predicted octanol–water partition coefficient (Wildman–Crippen LogP) is 4.10. The molecule has 0 aromatic heterocycles. The van der Waals surface area contributed by atoms with Crippen molar-refractivity contribution in [1.29, 1.82) is 0 Å². The second-order valence-electron chi connectivity index (χ2n) is 8.15. The molecule has 0 saturated carbocycles. The summed E-state index contributed by atoms with van der Waals surface area (Å²) in [6, 6.07) is 7.18. The molecule has 1 aliphatic heterocycles. The van der Waals surface area contributed by atoms with Crippen molar-refractivity contribution in [3.8, 4) is 5.75 Å². The lowest BCUT2D eigenvalue weighted by atomic mass is 9.63. The number of amides is 2. The molecular weight excluding hydrogens is 314 g/mol. The standard InChI is InChI=1S/C21H25NO3/c1-21(2)10-4-5-13-11-16-17(12-18(13)21)20(24)22(19(16)23)14-6-8-15(25-3)9-7-14/h6-9,16-17H,4-5,10-12H2,1-3H3/t16-,17+/m0/s1. The maximum atomic E-state index is 13.0. The Labute approximate surface area is 148 Å². The number of anilines is 1. The van der Waals surface area contributed by atoms with Gasteiger partial charge < -0.3 is 4.74 Å². The maximum absolute atomic E-state index is 13.0. The van der Waals surface area contributed by atoms with Crippen molar-refractivity contribution in [2.24, 2.45) is 17.3 Å². The number of ether oxygens (including phenoxy) is 1. The molecular formula is C21H25NO3. The van der Waals surface area contributed by atoms with Gasteiger partial charge in [0, 0.05) is 0 Å². The van der Waals surface area contributed by atoms with E-state index in [9.17, 15) is 9.59 Å². The molecule has 3 aliphatic rings. The third-order valence-electron chi connectivity index (χ3n) is 6.31. The van der Waals surface area contributed by atoms with Crippen LogP contribution in [0.15, 0.2) is 35.4 Å². The number of fused-ring (bicyclic) bond motifs is 1. The van der Waals surface area contributed by atoms with Gasteiger partial charge in [-0.15, -0.1) is 0 Å². The van der Waals surface area contributed by atoms with E-state index >= 15 is 0 Å². The molecule has 25 heavy (non-hydrogen) atoms. The van der Waals surface area contributed by atoms with Gasteiger partial charge in [0.1, 0.15) is 5.75 Å². The van der Waals surface area contributed by atoms with E-state index in [1.54, 1.807) is 31.4 Å². The van der Waals surface area contributed by atoms with Gasteiger partial charge in [0.25, 0.3) is 0 Å². The molecule has 2 atom stereocenters. The highest BCUT2D eigenvalue weighted by Crippen LogP contribution is 2.52. The third kappa shape index (κ3) is 2.50. The minimum atomic E-state index is -0.189. The van der Waals surface area contributed by atoms with E-state index in [-0.39, 0.29) is 29.1 Å². The molecule has 1 heterocycles. The molecule has 0 radical (unpaired) electrons. The fourth-order valence-corrected chi connectivity index (χ4v) is 4.88. The lowest BCUT2D eigenvalue weighted by Gasteiger charge is -2.40. The molecule has 4 heteroatoms. The molecule has 1 saturated heterocycles. The largest absolute Gasteiger partial charge is 0.497 e. The van der Waals surface area contributed by atoms with Crippen LogP contribution in [0, 0.1) is 17.3 Å². The van der Waals surface area contributed by atoms with Crippen molar-refractivity contribution in [2.75, 3.05) is 12.0 Å². The number of carbonyl (C=O) groups is 2. The van der Waals surface area contributed by atoms with Gasteiger partial charge in [0.15, 0.2) is 0 Å². The highest BCUT2D eigenvalue weighted by Gasteiger charge is 2.52. The average molecular weight is 339 g/mol. The number of allylic oxidation sites excluding steroid dienone is 2. The summed E-state index contributed by atoms with van der Waals surface area (Å²) in [5.41, 5.74) is 3.70. The van der Waals surface area contributed by atoms with E-state index in [0.29, 0.717) is 5.69 Å². The van der Waals surface area contributed by atoms with Crippen molar-refractivity contribution in [2.45, 2.75) is 46.0 Å². The number of carbonyl (C=O) groups excluding carboxylic acids is 2. The first-order valence-corrected chi connectivity index (χ1v) is 9.15. The Balaban J connectivity index is 1.65. The molecule has 1 fully saturated rings. The first-order chi connectivity index (χ1) is 11.9. The summed E-state index contributed by atoms with van der Waals surface area (Å²) in [7, 11) is 1.60. The molecule has 2 aliphatic carbocycles. The van der Waals surface area contributed by atoms with Crippen molar-refractivity contribution in [3.63, 3.8) is 0 Å². The fourth-order valence-electron chi connectivity index (χ4n) is 4.88.